The Balaban J connectivity index is 1.62. The first-order chi connectivity index (χ1) is 16.5. The van der Waals surface area contributed by atoms with E-state index in [-0.39, 0.29) is 15.6 Å². The fourth-order valence-electron chi connectivity index (χ4n) is 3.74. The minimum atomic E-state index is -3.91. The largest absolute Gasteiger partial charge is 0.497 e. The van der Waals surface area contributed by atoms with Crippen LogP contribution in [0.3, 0.4) is 0 Å². The van der Waals surface area contributed by atoms with E-state index in [1.165, 1.54) is 16.6 Å². The van der Waals surface area contributed by atoms with Crippen LogP contribution in [-0.4, -0.2) is 42.4 Å². The van der Waals surface area contributed by atoms with Crippen molar-refractivity contribution < 1.29 is 17.9 Å². The van der Waals surface area contributed by atoms with E-state index in [1.807, 2.05) is 36.4 Å². The molecule has 0 amide bonds. The van der Waals surface area contributed by atoms with Gasteiger partial charge in [-0.15, -0.1) is 5.10 Å². The van der Waals surface area contributed by atoms with Gasteiger partial charge in [0.25, 0.3) is 0 Å². The van der Waals surface area contributed by atoms with Gasteiger partial charge in [-0.3, -0.25) is 0 Å². The molecular formula is C24H21N5O4S. The molecule has 172 valence electrons. The number of anilines is 1. The average molecular weight is 476 g/mol. The molecule has 0 bridgehead atoms. The Bertz CT molecular complexity index is 1600. The van der Waals surface area contributed by atoms with E-state index in [9.17, 15) is 8.42 Å². The van der Waals surface area contributed by atoms with Crippen molar-refractivity contribution in [3.8, 4) is 11.5 Å². The van der Waals surface area contributed by atoms with Crippen molar-refractivity contribution in [2.24, 2.45) is 0 Å². The first kappa shape index (κ1) is 21.7. The van der Waals surface area contributed by atoms with Crippen molar-refractivity contribution in [1.29, 1.82) is 0 Å². The first-order valence-electron chi connectivity index (χ1n) is 10.4. The predicted octanol–water partition coefficient (Wildman–Crippen LogP) is 3.74. The Morgan fingerprint density at radius 2 is 1.71 bits per heavy atom. The van der Waals surface area contributed by atoms with Crippen molar-refractivity contribution in [2.75, 3.05) is 19.5 Å². The number of aromatic nitrogens is 4. The van der Waals surface area contributed by atoms with Crippen LogP contribution in [0.25, 0.3) is 16.6 Å². The smallest absolute Gasteiger partial charge is 0.229 e. The van der Waals surface area contributed by atoms with Crippen LogP contribution in [0, 0.1) is 0 Å². The summed E-state index contributed by atoms with van der Waals surface area (Å²) in [5.74, 6) is 1.86. The number of ether oxygens (including phenoxy) is 2. The van der Waals surface area contributed by atoms with Gasteiger partial charge in [-0.25, -0.2) is 13.4 Å². The highest BCUT2D eigenvalue weighted by molar-refractivity contribution is 7.91. The number of hydrogen-bond acceptors (Lipinski definition) is 8. The van der Waals surface area contributed by atoms with Crippen LogP contribution in [0.5, 0.6) is 11.5 Å². The number of nitrogens with zero attached hydrogens (tertiary/aromatic N) is 4. The van der Waals surface area contributed by atoms with E-state index >= 15 is 0 Å². The van der Waals surface area contributed by atoms with Crippen LogP contribution in [0.4, 0.5) is 5.82 Å². The molecule has 10 heteroatoms. The summed E-state index contributed by atoms with van der Waals surface area (Å²) in [7, 11) is -0.722. The van der Waals surface area contributed by atoms with E-state index in [0.29, 0.717) is 29.4 Å². The van der Waals surface area contributed by atoms with Gasteiger partial charge < -0.3 is 14.8 Å². The molecular weight excluding hydrogens is 454 g/mol. The zero-order valence-electron chi connectivity index (χ0n) is 18.5. The molecule has 9 nitrogen and oxygen atoms in total. The lowest BCUT2D eigenvalue weighted by molar-refractivity contribution is 0.391. The Morgan fingerprint density at radius 1 is 0.941 bits per heavy atom. The average Bonchev–Trinajstić information content (AvgIpc) is 3.32. The lowest BCUT2D eigenvalue weighted by Crippen LogP contribution is -2.08. The molecule has 0 aliphatic heterocycles. The summed E-state index contributed by atoms with van der Waals surface area (Å²) in [4.78, 5) is 4.77. The zero-order chi connectivity index (χ0) is 23.7. The third kappa shape index (κ3) is 3.67. The first-order valence-corrected chi connectivity index (χ1v) is 11.9. The molecule has 0 spiro atoms. The standard InChI is InChI=1S/C24H21N5O4S/c1-32-17-13-12-16(21(14-17)33-2)15-25-22-19-10-6-7-11-20(19)29-23(26-22)24(27-28-29)34(30,31)18-8-4-3-5-9-18/h3-14H,15H2,1-2H3,(H,25,26). The molecule has 5 rings (SSSR count). The second-order valence-electron chi connectivity index (χ2n) is 7.46. The third-order valence-corrected chi connectivity index (χ3v) is 7.14. The molecule has 0 aliphatic carbocycles. The molecule has 34 heavy (non-hydrogen) atoms. The fraction of sp³-hybridized carbons (Fsp3) is 0.125. The summed E-state index contributed by atoms with van der Waals surface area (Å²) < 4.78 is 38.8. The second kappa shape index (κ2) is 8.64. The monoisotopic (exact) mass is 475 g/mol. The van der Waals surface area contributed by atoms with Gasteiger partial charge >= 0.3 is 0 Å². The number of methoxy groups -OCH3 is 2. The molecule has 2 aromatic heterocycles. The van der Waals surface area contributed by atoms with Gasteiger partial charge in [0.15, 0.2) is 5.65 Å². The maximum absolute atomic E-state index is 13.3. The van der Waals surface area contributed by atoms with Gasteiger partial charge in [0, 0.05) is 23.6 Å². The minimum Gasteiger partial charge on any atom is -0.497 e. The molecule has 0 aliphatic rings. The maximum atomic E-state index is 13.3. The van der Waals surface area contributed by atoms with Crippen molar-refractivity contribution in [2.45, 2.75) is 16.5 Å². The quantitative estimate of drug-likeness (QED) is 0.379. The molecule has 0 saturated carbocycles. The van der Waals surface area contributed by atoms with Crippen molar-refractivity contribution >= 4 is 32.2 Å². The van der Waals surface area contributed by atoms with Gasteiger partial charge in [-0.05, 0) is 36.4 Å². The van der Waals surface area contributed by atoms with Crippen LogP contribution in [0.1, 0.15) is 5.56 Å². The van der Waals surface area contributed by atoms with Crippen LogP contribution < -0.4 is 14.8 Å². The van der Waals surface area contributed by atoms with Crippen LogP contribution >= 0.6 is 0 Å². The number of para-hydroxylation sites is 1. The Morgan fingerprint density at radius 3 is 2.47 bits per heavy atom. The second-order valence-corrected chi connectivity index (χ2v) is 9.32. The van der Waals surface area contributed by atoms with Crippen molar-refractivity contribution in [3.63, 3.8) is 0 Å². The van der Waals surface area contributed by atoms with Gasteiger partial charge in [-0.1, -0.05) is 35.5 Å². The summed E-state index contributed by atoms with van der Waals surface area (Å²) in [6.07, 6.45) is 0. The van der Waals surface area contributed by atoms with E-state index in [1.54, 1.807) is 38.5 Å². The number of benzene rings is 3. The summed E-state index contributed by atoms with van der Waals surface area (Å²) in [6.45, 7) is 0.392. The van der Waals surface area contributed by atoms with E-state index in [0.717, 1.165) is 10.9 Å². The van der Waals surface area contributed by atoms with E-state index < -0.39 is 9.84 Å². The number of rotatable bonds is 7. The number of nitrogens with one attached hydrogen (secondary N) is 1. The summed E-state index contributed by atoms with van der Waals surface area (Å²) in [5, 5.41) is 12.0. The molecule has 2 heterocycles. The number of sulfone groups is 1. The maximum Gasteiger partial charge on any atom is 0.229 e. The third-order valence-electron chi connectivity index (χ3n) is 5.47. The van der Waals surface area contributed by atoms with Crippen LogP contribution in [-0.2, 0) is 16.4 Å². The van der Waals surface area contributed by atoms with Crippen molar-refractivity contribution in [1.82, 2.24) is 19.8 Å². The lowest BCUT2D eigenvalue weighted by Gasteiger charge is -2.13. The summed E-state index contributed by atoms with van der Waals surface area (Å²) >= 11 is 0. The van der Waals surface area contributed by atoms with Crippen LogP contribution in [0.15, 0.2) is 82.7 Å². The van der Waals surface area contributed by atoms with Gasteiger partial charge in [0.2, 0.25) is 14.9 Å². The highest BCUT2D eigenvalue weighted by atomic mass is 32.2. The van der Waals surface area contributed by atoms with Gasteiger partial charge in [0.1, 0.15) is 17.3 Å². The van der Waals surface area contributed by atoms with E-state index in [4.69, 9.17) is 9.47 Å². The lowest BCUT2D eigenvalue weighted by atomic mass is 10.1. The Hall–Kier alpha value is -4.18. The Labute approximate surface area is 195 Å². The molecule has 5 aromatic rings. The van der Waals surface area contributed by atoms with Crippen LogP contribution in [0.2, 0.25) is 0 Å². The molecule has 3 aromatic carbocycles. The normalized spacial score (nSPS) is 11.6. The molecule has 0 radical (unpaired) electrons. The highest BCUT2D eigenvalue weighted by Crippen LogP contribution is 2.29. The molecule has 0 unspecified atom stereocenters. The fourth-order valence-corrected chi connectivity index (χ4v) is 5.00. The van der Waals surface area contributed by atoms with Gasteiger partial charge in [0.05, 0.1) is 24.6 Å². The molecule has 0 atom stereocenters. The zero-order valence-corrected chi connectivity index (χ0v) is 19.3. The minimum absolute atomic E-state index is 0.129. The predicted molar refractivity (Wildman–Crippen MR) is 127 cm³/mol. The molecule has 0 fully saturated rings. The number of fused-ring (bicyclic) bond motifs is 3. The van der Waals surface area contributed by atoms with E-state index in [2.05, 4.69) is 20.6 Å². The summed E-state index contributed by atoms with van der Waals surface area (Å²) in [5.41, 5.74) is 1.71. The SMILES string of the molecule is COc1ccc(CNc2nc3c(S(=O)(=O)c4ccccc4)nnn3c3ccccc23)c(OC)c1. The Kier molecular flexibility index (Phi) is 5.50. The van der Waals surface area contributed by atoms with Gasteiger partial charge in [-0.2, -0.15) is 4.52 Å². The summed E-state index contributed by atoms with van der Waals surface area (Å²) in [6, 6.07) is 21.1. The molecule has 0 saturated heterocycles. The van der Waals surface area contributed by atoms with Crippen molar-refractivity contribution in [3.05, 3.63) is 78.4 Å². The molecule has 1 N–H and O–H groups in total. The number of hydrogen-bond donors (Lipinski definition) is 1. The highest BCUT2D eigenvalue weighted by Gasteiger charge is 2.27. The topological polar surface area (TPSA) is 108 Å².